The average molecular weight is 440 g/mol. The van der Waals surface area contributed by atoms with E-state index in [2.05, 4.69) is 4.90 Å². The number of amides is 1. The number of carbonyl (C=O) groups is 2. The molecule has 4 rings (SSSR count). The van der Waals surface area contributed by atoms with Crippen molar-refractivity contribution >= 4 is 17.8 Å². The van der Waals surface area contributed by atoms with Gasteiger partial charge in [0.05, 0.1) is 31.1 Å². The van der Waals surface area contributed by atoms with Gasteiger partial charge in [-0.15, -0.1) is 0 Å². The van der Waals surface area contributed by atoms with Gasteiger partial charge in [0, 0.05) is 31.7 Å². The van der Waals surface area contributed by atoms with E-state index in [1.165, 1.54) is 35.4 Å². The van der Waals surface area contributed by atoms with Crippen LogP contribution < -0.4 is 0 Å². The first-order valence-corrected chi connectivity index (χ1v) is 10.6. The number of rotatable bonds is 8. The van der Waals surface area contributed by atoms with Crippen LogP contribution >= 0.6 is 0 Å². The van der Waals surface area contributed by atoms with E-state index in [1.54, 1.807) is 24.3 Å². The van der Waals surface area contributed by atoms with E-state index in [9.17, 15) is 19.1 Å². The smallest absolute Gasteiger partial charge is 0.290 e. The minimum atomic E-state index is -0.998. The summed E-state index contributed by atoms with van der Waals surface area (Å²) in [6, 6.07) is 8.35. The summed E-state index contributed by atoms with van der Waals surface area (Å²) in [4.78, 5) is 29.5. The SMILES string of the molecule is O=C(/C=C/c1ccco1)C1=C(O)C(=O)N(CCCN2CCOCC2)C1c1ccccc1F. The van der Waals surface area contributed by atoms with Crippen molar-refractivity contribution in [3.63, 3.8) is 0 Å². The molecule has 1 N–H and O–H groups in total. The molecule has 0 radical (unpaired) electrons. The minimum Gasteiger partial charge on any atom is -0.503 e. The number of hydrogen-bond donors (Lipinski definition) is 1. The first kappa shape index (κ1) is 22.0. The average Bonchev–Trinajstić information content (AvgIpc) is 3.41. The van der Waals surface area contributed by atoms with Crippen LogP contribution in [0.5, 0.6) is 0 Å². The zero-order valence-corrected chi connectivity index (χ0v) is 17.6. The Hall–Kier alpha value is -3.23. The molecule has 7 nitrogen and oxygen atoms in total. The molecule has 8 heteroatoms. The first-order chi connectivity index (χ1) is 15.6. The van der Waals surface area contributed by atoms with Crippen LogP contribution in [0.3, 0.4) is 0 Å². The third-order valence-corrected chi connectivity index (χ3v) is 5.69. The minimum absolute atomic E-state index is 0.130. The summed E-state index contributed by atoms with van der Waals surface area (Å²) in [5.74, 6) is -1.98. The van der Waals surface area contributed by atoms with Crippen LogP contribution in [0.1, 0.15) is 23.8 Å². The van der Waals surface area contributed by atoms with Crippen LogP contribution in [0.4, 0.5) is 4.39 Å². The van der Waals surface area contributed by atoms with Gasteiger partial charge in [-0.1, -0.05) is 18.2 Å². The number of hydrogen-bond acceptors (Lipinski definition) is 6. The van der Waals surface area contributed by atoms with Crippen molar-refractivity contribution in [3.05, 3.63) is 77.2 Å². The Morgan fingerprint density at radius 1 is 1.16 bits per heavy atom. The molecule has 0 spiro atoms. The number of aliphatic hydroxyl groups excluding tert-OH is 1. The fourth-order valence-corrected chi connectivity index (χ4v) is 4.08. The maximum atomic E-state index is 14.7. The Bertz CT molecular complexity index is 1020. The number of nitrogens with zero attached hydrogens (tertiary/aromatic N) is 2. The first-order valence-electron chi connectivity index (χ1n) is 10.6. The van der Waals surface area contributed by atoms with Gasteiger partial charge in [0.2, 0.25) is 0 Å². The molecular weight excluding hydrogens is 415 g/mol. The number of ether oxygens (including phenoxy) is 1. The maximum Gasteiger partial charge on any atom is 0.290 e. The molecule has 0 saturated carbocycles. The largest absolute Gasteiger partial charge is 0.503 e. The fourth-order valence-electron chi connectivity index (χ4n) is 4.08. The van der Waals surface area contributed by atoms with E-state index in [1.807, 2.05) is 0 Å². The van der Waals surface area contributed by atoms with Crippen molar-refractivity contribution in [2.75, 3.05) is 39.4 Å². The Balaban J connectivity index is 1.58. The van der Waals surface area contributed by atoms with E-state index in [4.69, 9.17) is 9.15 Å². The standard InChI is InChI=1S/C24H25FN2O5/c25-19-7-2-1-6-18(19)22-21(20(28)9-8-17-5-3-14-32-17)23(29)24(30)27(22)11-4-10-26-12-15-31-16-13-26/h1-3,5-9,14,22,29H,4,10-13,15-16H2/b9-8+. The van der Waals surface area contributed by atoms with Gasteiger partial charge in [0.25, 0.3) is 5.91 Å². The molecular formula is C24H25FN2O5. The van der Waals surface area contributed by atoms with Gasteiger partial charge >= 0.3 is 0 Å². The number of ketones is 1. The second-order valence-electron chi connectivity index (χ2n) is 7.71. The summed E-state index contributed by atoms with van der Waals surface area (Å²) < 4.78 is 25.3. The number of benzene rings is 1. The third-order valence-electron chi connectivity index (χ3n) is 5.69. The molecule has 1 saturated heterocycles. The van der Waals surface area contributed by atoms with Gasteiger partial charge in [-0.2, -0.15) is 0 Å². The Morgan fingerprint density at radius 3 is 2.66 bits per heavy atom. The molecule has 1 atom stereocenters. The highest BCUT2D eigenvalue weighted by molar-refractivity contribution is 6.14. The highest BCUT2D eigenvalue weighted by atomic mass is 19.1. The van der Waals surface area contributed by atoms with Crippen LogP contribution in [0.25, 0.3) is 6.08 Å². The molecule has 3 heterocycles. The third kappa shape index (κ3) is 4.66. The molecule has 2 aromatic rings. The van der Waals surface area contributed by atoms with Crippen molar-refractivity contribution in [2.24, 2.45) is 0 Å². The molecule has 2 aliphatic rings. The molecule has 168 valence electrons. The van der Waals surface area contributed by atoms with Crippen molar-refractivity contribution in [2.45, 2.75) is 12.5 Å². The highest BCUT2D eigenvalue weighted by Gasteiger charge is 2.43. The topological polar surface area (TPSA) is 83.2 Å². The molecule has 1 unspecified atom stereocenters. The van der Waals surface area contributed by atoms with Crippen LogP contribution in [-0.2, 0) is 14.3 Å². The van der Waals surface area contributed by atoms with E-state index in [0.717, 1.165) is 19.6 Å². The summed E-state index contributed by atoms with van der Waals surface area (Å²) >= 11 is 0. The van der Waals surface area contributed by atoms with Crippen LogP contribution in [-0.4, -0.2) is 66.0 Å². The number of allylic oxidation sites excluding steroid dienone is 1. The lowest BCUT2D eigenvalue weighted by Crippen LogP contribution is -2.39. The summed E-state index contributed by atoms with van der Waals surface area (Å²) in [6.45, 7) is 3.98. The second-order valence-corrected chi connectivity index (χ2v) is 7.71. The molecule has 1 aromatic heterocycles. The Labute approximate surface area is 185 Å². The van der Waals surface area contributed by atoms with Crippen molar-refractivity contribution in [1.29, 1.82) is 0 Å². The van der Waals surface area contributed by atoms with E-state index >= 15 is 0 Å². The van der Waals surface area contributed by atoms with Crippen molar-refractivity contribution in [1.82, 2.24) is 9.80 Å². The van der Waals surface area contributed by atoms with Gasteiger partial charge in [-0.05, 0) is 36.8 Å². The van der Waals surface area contributed by atoms with Crippen LogP contribution in [0.2, 0.25) is 0 Å². The number of halogens is 1. The predicted octanol–water partition coefficient (Wildman–Crippen LogP) is 3.12. The highest BCUT2D eigenvalue weighted by Crippen LogP contribution is 2.39. The zero-order valence-electron chi connectivity index (χ0n) is 17.6. The molecule has 32 heavy (non-hydrogen) atoms. The zero-order chi connectivity index (χ0) is 22.5. The number of carbonyl (C=O) groups excluding carboxylic acids is 2. The summed E-state index contributed by atoms with van der Waals surface area (Å²) in [5.41, 5.74) is 0.0419. The molecule has 1 fully saturated rings. The van der Waals surface area contributed by atoms with Crippen molar-refractivity contribution < 1.29 is 28.2 Å². The van der Waals surface area contributed by atoms with Crippen LogP contribution in [0, 0.1) is 5.82 Å². The Morgan fingerprint density at radius 2 is 1.94 bits per heavy atom. The lowest BCUT2D eigenvalue weighted by Gasteiger charge is -2.30. The van der Waals surface area contributed by atoms with E-state index in [-0.39, 0.29) is 17.7 Å². The van der Waals surface area contributed by atoms with Gasteiger partial charge in [0.15, 0.2) is 11.5 Å². The Kier molecular flexibility index (Phi) is 6.82. The lowest BCUT2D eigenvalue weighted by atomic mass is 9.95. The number of aliphatic hydroxyl groups is 1. The van der Waals surface area contributed by atoms with Gasteiger partial charge < -0.3 is 19.2 Å². The number of morpholine rings is 1. The number of furan rings is 1. The molecule has 1 aromatic carbocycles. The predicted molar refractivity (Wildman–Crippen MR) is 115 cm³/mol. The van der Waals surface area contributed by atoms with Gasteiger partial charge in [-0.25, -0.2) is 4.39 Å². The molecule has 2 aliphatic heterocycles. The van der Waals surface area contributed by atoms with Crippen molar-refractivity contribution in [3.8, 4) is 0 Å². The quantitative estimate of drug-likeness (QED) is 0.635. The van der Waals surface area contributed by atoms with E-state index < -0.39 is 29.3 Å². The van der Waals surface area contributed by atoms with E-state index in [0.29, 0.717) is 25.4 Å². The molecule has 1 amide bonds. The maximum absolute atomic E-state index is 14.7. The second kappa shape index (κ2) is 9.93. The monoisotopic (exact) mass is 440 g/mol. The van der Waals surface area contributed by atoms with Crippen LogP contribution in [0.15, 0.2) is 64.5 Å². The lowest BCUT2D eigenvalue weighted by molar-refractivity contribution is -0.129. The molecule has 0 bridgehead atoms. The van der Waals surface area contributed by atoms with Gasteiger partial charge in [0.1, 0.15) is 11.6 Å². The summed E-state index contributed by atoms with van der Waals surface area (Å²) in [7, 11) is 0. The molecule has 0 aliphatic carbocycles. The summed E-state index contributed by atoms with van der Waals surface area (Å²) in [6.07, 6.45) is 4.77. The van der Waals surface area contributed by atoms with Gasteiger partial charge in [-0.3, -0.25) is 14.5 Å². The normalized spacial score (nSPS) is 20.0. The summed E-state index contributed by atoms with van der Waals surface area (Å²) in [5, 5.41) is 10.6. The fraction of sp³-hybridized carbons (Fsp3) is 0.333.